The van der Waals surface area contributed by atoms with Gasteiger partial charge in [-0.05, 0) is 30.9 Å². The summed E-state index contributed by atoms with van der Waals surface area (Å²) < 4.78 is 6.98. The summed E-state index contributed by atoms with van der Waals surface area (Å²) in [4.78, 5) is 14.8. The number of hydrogen-bond donors (Lipinski definition) is 1. The number of aliphatic hydroxyl groups is 1. The highest BCUT2D eigenvalue weighted by atomic mass is 16.5. The molecule has 26 heavy (non-hydrogen) atoms. The van der Waals surface area contributed by atoms with Crippen LogP contribution >= 0.6 is 0 Å². The van der Waals surface area contributed by atoms with Gasteiger partial charge in [-0.1, -0.05) is 24.3 Å². The largest absolute Gasteiger partial charge is 0.461 e. The molecule has 0 saturated carbocycles. The van der Waals surface area contributed by atoms with Crippen LogP contribution in [0, 0.1) is 0 Å². The van der Waals surface area contributed by atoms with Crippen molar-refractivity contribution in [2.24, 2.45) is 0 Å². The SMILES string of the molecule is CCOC(=O)c1nn(CCO)c2c1CN(C1Cc3ccccc3C1)CC2. The van der Waals surface area contributed by atoms with Crippen molar-refractivity contribution in [3.8, 4) is 0 Å². The Labute approximate surface area is 153 Å². The van der Waals surface area contributed by atoms with Crippen molar-refractivity contribution in [2.75, 3.05) is 19.8 Å². The number of ether oxygens (including phenoxy) is 1. The first-order valence-corrected chi connectivity index (χ1v) is 9.38. The summed E-state index contributed by atoms with van der Waals surface area (Å²) in [5.41, 5.74) is 5.32. The first-order chi connectivity index (χ1) is 12.7. The van der Waals surface area contributed by atoms with Gasteiger partial charge >= 0.3 is 5.97 Å². The van der Waals surface area contributed by atoms with Crippen molar-refractivity contribution >= 4 is 5.97 Å². The zero-order valence-corrected chi connectivity index (χ0v) is 15.1. The number of hydrogen-bond acceptors (Lipinski definition) is 5. The van der Waals surface area contributed by atoms with Crippen LogP contribution in [0.1, 0.15) is 39.8 Å². The first kappa shape index (κ1) is 17.2. The van der Waals surface area contributed by atoms with Crippen LogP contribution in [0.25, 0.3) is 0 Å². The lowest BCUT2D eigenvalue weighted by molar-refractivity contribution is 0.0514. The molecule has 0 spiro atoms. The van der Waals surface area contributed by atoms with Crippen LogP contribution in [0.15, 0.2) is 24.3 Å². The molecule has 4 rings (SSSR count). The second-order valence-electron chi connectivity index (χ2n) is 6.99. The van der Waals surface area contributed by atoms with Crippen molar-refractivity contribution in [1.82, 2.24) is 14.7 Å². The molecule has 1 aliphatic heterocycles. The number of fused-ring (bicyclic) bond motifs is 2. The molecular formula is C20H25N3O3. The average Bonchev–Trinajstić information content (AvgIpc) is 3.23. The molecule has 6 heteroatoms. The molecule has 2 heterocycles. The number of nitrogens with zero attached hydrogens (tertiary/aromatic N) is 3. The van der Waals surface area contributed by atoms with Crippen LogP contribution in [-0.2, 0) is 37.1 Å². The highest BCUT2D eigenvalue weighted by Gasteiger charge is 2.33. The Balaban J connectivity index is 1.58. The Morgan fingerprint density at radius 3 is 2.69 bits per heavy atom. The molecule has 2 aromatic rings. The van der Waals surface area contributed by atoms with E-state index in [0.717, 1.165) is 37.1 Å². The molecule has 138 valence electrons. The average molecular weight is 355 g/mol. The van der Waals surface area contributed by atoms with Gasteiger partial charge in [0.15, 0.2) is 5.69 Å². The highest BCUT2D eigenvalue weighted by molar-refractivity contribution is 5.89. The summed E-state index contributed by atoms with van der Waals surface area (Å²) in [6, 6.07) is 9.11. The van der Waals surface area contributed by atoms with Gasteiger partial charge in [0.05, 0.1) is 19.8 Å². The maximum absolute atomic E-state index is 12.4. The summed E-state index contributed by atoms with van der Waals surface area (Å²) in [6.45, 7) is 4.23. The van der Waals surface area contributed by atoms with E-state index in [-0.39, 0.29) is 12.6 Å². The molecule has 1 aromatic carbocycles. The molecule has 0 amide bonds. The van der Waals surface area contributed by atoms with Crippen LogP contribution in [0.3, 0.4) is 0 Å². The number of aromatic nitrogens is 2. The van der Waals surface area contributed by atoms with E-state index < -0.39 is 0 Å². The molecule has 1 N–H and O–H groups in total. The third-order valence-corrected chi connectivity index (χ3v) is 5.49. The topological polar surface area (TPSA) is 67.6 Å². The maximum Gasteiger partial charge on any atom is 0.359 e. The maximum atomic E-state index is 12.4. The molecule has 6 nitrogen and oxygen atoms in total. The van der Waals surface area contributed by atoms with Crippen molar-refractivity contribution < 1.29 is 14.6 Å². The zero-order valence-electron chi connectivity index (χ0n) is 15.1. The molecule has 1 aliphatic carbocycles. The van der Waals surface area contributed by atoms with Gasteiger partial charge in [0.25, 0.3) is 0 Å². The molecule has 1 aromatic heterocycles. The lowest BCUT2D eigenvalue weighted by Crippen LogP contribution is -2.40. The van der Waals surface area contributed by atoms with Crippen molar-refractivity contribution in [2.45, 2.75) is 45.3 Å². The Bertz CT molecular complexity index is 790. The molecule has 2 aliphatic rings. The van der Waals surface area contributed by atoms with E-state index in [1.165, 1.54) is 11.1 Å². The fourth-order valence-corrected chi connectivity index (χ4v) is 4.26. The Morgan fingerprint density at radius 2 is 2.04 bits per heavy atom. The highest BCUT2D eigenvalue weighted by Crippen LogP contribution is 2.30. The number of aliphatic hydroxyl groups excluding tert-OH is 1. The third-order valence-electron chi connectivity index (χ3n) is 5.49. The van der Waals surface area contributed by atoms with Crippen molar-refractivity contribution in [3.63, 3.8) is 0 Å². The number of benzene rings is 1. The van der Waals surface area contributed by atoms with Gasteiger partial charge in [0.2, 0.25) is 0 Å². The van der Waals surface area contributed by atoms with E-state index in [0.29, 0.717) is 31.4 Å². The van der Waals surface area contributed by atoms with E-state index in [9.17, 15) is 9.90 Å². The molecular weight excluding hydrogens is 330 g/mol. The Morgan fingerprint density at radius 1 is 1.31 bits per heavy atom. The lowest BCUT2D eigenvalue weighted by atomic mass is 10.0. The number of carbonyl (C=O) groups is 1. The van der Waals surface area contributed by atoms with Gasteiger partial charge in [-0.15, -0.1) is 0 Å². The predicted octanol–water partition coefficient (Wildman–Crippen LogP) is 1.58. The summed E-state index contributed by atoms with van der Waals surface area (Å²) >= 11 is 0. The molecule has 0 radical (unpaired) electrons. The van der Waals surface area contributed by atoms with E-state index in [1.54, 1.807) is 11.6 Å². The summed E-state index contributed by atoms with van der Waals surface area (Å²) in [5.74, 6) is -0.364. The molecule has 0 saturated heterocycles. The van der Waals surface area contributed by atoms with Crippen LogP contribution in [0.2, 0.25) is 0 Å². The lowest BCUT2D eigenvalue weighted by Gasteiger charge is -2.32. The van der Waals surface area contributed by atoms with E-state index in [2.05, 4.69) is 34.3 Å². The summed E-state index contributed by atoms with van der Waals surface area (Å²) in [6.07, 6.45) is 2.96. The van der Waals surface area contributed by atoms with Gasteiger partial charge in [-0.3, -0.25) is 9.58 Å². The minimum atomic E-state index is -0.364. The summed E-state index contributed by atoms with van der Waals surface area (Å²) in [5, 5.41) is 13.8. The number of carbonyl (C=O) groups excluding carboxylic acids is 1. The fourth-order valence-electron chi connectivity index (χ4n) is 4.26. The normalized spacial score (nSPS) is 17.2. The quantitative estimate of drug-likeness (QED) is 0.825. The van der Waals surface area contributed by atoms with Gasteiger partial charge in [-0.2, -0.15) is 5.10 Å². The molecule has 0 fully saturated rings. The smallest absolute Gasteiger partial charge is 0.359 e. The Hall–Kier alpha value is -2.18. The third kappa shape index (κ3) is 3.04. The van der Waals surface area contributed by atoms with E-state index >= 15 is 0 Å². The molecule has 0 atom stereocenters. The van der Waals surface area contributed by atoms with E-state index in [4.69, 9.17) is 4.74 Å². The number of esters is 1. The monoisotopic (exact) mass is 355 g/mol. The minimum absolute atomic E-state index is 0.0119. The van der Waals surface area contributed by atoms with Crippen LogP contribution in [0.5, 0.6) is 0 Å². The molecule has 0 unspecified atom stereocenters. The zero-order chi connectivity index (χ0) is 18.1. The second kappa shape index (κ2) is 7.21. The van der Waals surface area contributed by atoms with E-state index in [1.807, 2.05) is 0 Å². The van der Waals surface area contributed by atoms with Gasteiger partial charge in [0, 0.05) is 36.8 Å². The van der Waals surface area contributed by atoms with Gasteiger partial charge < -0.3 is 9.84 Å². The van der Waals surface area contributed by atoms with Crippen LogP contribution in [0.4, 0.5) is 0 Å². The minimum Gasteiger partial charge on any atom is -0.461 e. The van der Waals surface area contributed by atoms with Crippen molar-refractivity contribution in [1.29, 1.82) is 0 Å². The van der Waals surface area contributed by atoms with Crippen LogP contribution in [-0.4, -0.2) is 51.6 Å². The first-order valence-electron chi connectivity index (χ1n) is 9.38. The van der Waals surface area contributed by atoms with Gasteiger partial charge in [-0.25, -0.2) is 4.79 Å². The molecule has 0 bridgehead atoms. The predicted molar refractivity (Wildman–Crippen MR) is 97.0 cm³/mol. The summed E-state index contributed by atoms with van der Waals surface area (Å²) in [7, 11) is 0. The standard InChI is InChI=1S/C20H25N3O3/c1-2-26-20(25)19-17-13-22(8-7-18(17)23(21-19)9-10-24)16-11-14-5-3-4-6-15(14)12-16/h3-6,16,24H,2,7-13H2,1H3. The van der Waals surface area contributed by atoms with Gasteiger partial charge in [0.1, 0.15) is 0 Å². The van der Waals surface area contributed by atoms with Crippen molar-refractivity contribution in [3.05, 3.63) is 52.3 Å². The fraction of sp³-hybridized carbons (Fsp3) is 0.500. The number of rotatable bonds is 5. The Kier molecular flexibility index (Phi) is 4.78. The van der Waals surface area contributed by atoms with Crippen LogP contribution < -0.4 is 0 Å². The second-order valence-corrected chi connectivity index (χ2v) is 6.99.